The number of hydrogen-bond acceptors (Lipinski definition) is 10. The number of morpholine rings is 1. The number of rotatable bonds is 10. The lowest BCUT2D eigenvalue weighted by atomic mass is 10.1. The van der Waals surface area contributed by atoms with Crippen LogP contribution in [-0.2, 0) is 21.3 Å². The Labute approximate surface area is 247 Å². The van der Waals surface area contributed by atoms with Crippen molar-refractivity contribution >= 4 is 44.0 Å². The van der Waals surface area contributed by atoms with Crippen LogP contribution in [0.4, 0.5) is 5.82 Å². The lowest BCUT2D eigenvalue weighted by Crippen LogP contribution is -2.39. The molecule has 1 aliphatic heterocycles. The Kier molecular flexibility index (Phi) is 7.96. The van der Waals surface area contributed by atoms with Crippen LogP contribution in [-0.4, -0.2) is 95.4 Å². The molecule has 0 spiro atoms. The van der Waals surface area contributed by atoms with Gasteiger partial charge < -0.3 is 14.8 Å². The summed E-state index contributed by atoms with van der Waals surface area (Å²) in [6.07, 6.45) is 8.17. The van der Waals surface area contributed by atoms with Gasteiger partial charge in [0.05, 0.1) is 54.9 Å². The lowest BCUT2D eigenvalue weighted by molar-refractivity contribution is 0.0398. The minimum atomic E-state index is -3.41. The fraction of sp³-hybridized carbons (Fsp3) is 0.333. The van der Waals surface area contributed by atoms with E-state index in [1.807, 2.05) is 18.3 Å². The first-order valence-corrected chi connectivity index (χ1v) is 15.6. The van der Waals surface area contributed by atoms with Crippen molar-refractivity contribution in [2.24, 2.45) is 0 Å². The molecular formula is C27H30ClN9O4S. The Hall–Kier alpha value is -3.82. The zero-order chi connectivity index (χ0) is 29.3. The number of anilines is 1. The van der Waals surface area contributed by atoms with Crippen LogP contribution in [0.5, 0.6) is 5.75 Å². The number of fused-ring (bicyclic) bond motifs is 2. The zero-order valence-corrected chi connectivity index (χ0v) is 24.7. The molecule has 4 aromatic heterocycles. The predicted octanol–water partition coefficient (Wildman–Crippen LogP) is 2.59. The zero-order valence-electron chi connectivity index (χ0n) is 23.1. The van der Waals surface area contributed by atoms with E-state index in [1.165, 1.54) is 0 Å². The van der Waals surface area contributed by atoms with Crippen LogP contribution in [0.3, 0.4) is 0 Å². The van der Waals surface area contributed by atoms with Gasteiger partial charge in [-0.25, -0.2) is 27.3 Å². The Morgan fingerprint density at radius 2 is 1.98 bits per heavy atom. The molecule has 0 radical (unpaired) electrons. The highest BCUT2D eigenvalue weighted by molar-refractivity contribution is 7.88. The number of pyridine rings is 1. The van der Waals surface area contributed by atoms with Crippen LogP contribution in [0.25, 0.3) is 33.5 Å². The van der Waals surface area contributed by atoms with Gasteiger partial charge in [-0.1, -0.05) is 11.6 Å². The molecule has 0 atom stereocenters. The first-order chi connectivity index (χ1) is 20.3. The molecule has 42 heavy (non-hydrogen) atoms. The number of sulfonamides is 1. The molecule has 1 fully saturated rings. The average molecular weight is 612 g/mol. The summed E-state index contributed by atoms with van der Waals surface area (Å²) in [6, 6.07) is 7.19. The van der Waals surface area contributed by atoms with E-state index in [4.69, 9.17) is 31.2 Å². The van der Waals surface area contributed by atoms with E-state index in [0.717, 1.165) is 55.6 Å². The first-order valence-electron chi connectivity index (χ1n) is 13.3. The maximum atomic E-state index is 11.7. The van der Waals surface area contributed by atoms with Gasteiger partial charge in [0.25, 0.3) is 0 Å². The van der Waals surface area contributed by atoms with Gasteiger partial charge in [0.15, 0.2) is 11.5 Å². The molecular weight excluding hydrogens is 582 g/mol. The summed E-state index contributed by atoms with van der Waals surface area (Å²) < 4.78 is 40.5. The molecule has 1 aromatic carbocycles. The number of aromatic nitrogens is 6. The standard InChI is InChI=1S/C27H30ClN9O4S/c1-40-25-12-18(15-33-42(2,38)39)21(28)13-24(25)37-23-14-22(19-17-32-36-6-3-4-30-27(19)36)31-16-20(23)26(34-37)29-5-7-35-8-10-41-11-9-35/h3-4,6,12-14,16-17,33H,5,7-11,15H2,1-2H3,(H,29,34). The smallest absolute Gasteiger partial charge is 0.209 e. The second kappa shape index (κ2) is 11.8. The second-order valence-corrected chi connectivity index (χ2v) is 12.1. The van der Waals surface area contributed by atoms with Gasteiger partial charge in [-0.05, 0) is 29.8 Å². The molecule has 1 aliphatic rings. The quantitative estimate of drug-likeness (QED) is 0.242. The summed E-state index contributed by atoms with van der Waals surface area (Å²) in [5.74, 6) is 1.14. The van der Waals surface area contributed by atoms with Gasteiger partial charge in [-0.3, -0.25) is 9.88 Å². The minimum absolute atomic E-state index is 0.0261. The highest BCUT2D eigenvalue weighted by Crippen LogP contribution is 2.35. The lowest BCUT2D eigenvalue weighted by Gasteiger charge is -2.26. The summed E-state index contributed by atoms with van der Waals surface area (Å²) in [6.45, 7) is 4.81. The molecule has 1 saturated heterocycles. The fourth-order valence-corrected chi connectivity index (χ4v) is 5.54. The van der Waals surface area contributed by atoms with Gasteiger partial charge in [0.1, 0.15) is 11.4 Å². The van der Waals surface area contributed by atoms with Crippen LogP contribution in [0.1, 0.15) is 5.56 Å². The minimum Gasteiger partial charge on any atom is -0.494 e. The second-order valence-electron chi connectivity index (χ2n) is 9.88. The molecule has 0 amide bonds. The van der Waals surface area contributed by atoms with E-state index in [2.05, 4.69) is 25.0 Å². The van der Waals surface area contributed by atoms with E-state index in [9.17, 15) is 8.42 Å². The number of nitrogens with zero attached hydrogens (tertiary/aromatic N) is 7. The summed E-state index contributed by atoms with van der Waals surface area (Å²) in [5, 5.41) is 14.0. The fourth-order valence-electron chi connectivity index (χ4n) is 4.90. The van der Waals surface area contributed by atoms with Gasteiger partial charge >= 0.3 is 0 Å². The van der Waals surface area contributed by atoms with Crippen molar-refractivity contribution in [3.63, 3.8) is 0 Å². The Morgan fingerprint density at radius 3 is 2.76 bits per heavy atom. The predicted molar refractivity (Wildman–Crippen MR) is 160 cm³/mol. The Bertz CT molecular complexity index is 1850. The summed E-state index contributed by atoms with van der Waals surface area (Å²) in [4.78, 5) is 11.6. The monoisotopic (exact) mass is 611 g/mol. The molecule has 15 heteroatoms. The number of nitrogens with one attached hydrogen (secondary N) is 2. The topological polar surface area (TPSA) is 141 Å². The average Bonchev–Trinajstić information content (AvgIpc) is 3.58. The molecule has 13 nitrogen and oxygen atoms in total. The van der Waals surface area contributed by atoms with Crippen LogP contribution in [0.15, 0.2) is 49.1 Å². The third-order valence-electron chi connectivity index (χ3n) is 7.05. The maximum Gasteiger partial charge on any atom is 0.209 e. The van der Waals surface area contributed by atoms with Crippen LogP contribution in [0.2, 0.25) is 5.02 Å². The van der Waals surface area contributed by atoms with Crippen molar-refractivity contribution < 1.29 is 17.9 Å². The molecule has 220 valence electrons. The van der Waals surface area contributed by atoms with Crippen molar-refractivity contribution in [1.29, 1.82) is 0 Å². The van der Waals surface area contributed by atoms with E-state index >= 15 is 0 Å². The first kappa shape index (κ1) is 28.3. The highest BCUT2D eigenvalue weighted by Gasteiger charge is 2.20. The number of methoxy groups -OCH3 is 1. The van der Waals surface area contributed by atoms with E-state index in [-0.39, 0.29) is 6.54 Å². The van der Waals surface area contributed by atoms with Crippen LogP contribution in [0, 0.1) is 0 Å². The van der Waals surface area contributed by atoms with Crippen molar-refractivity contribution in [2.75, 3.05) is 58.1 Å². The van der Waals surface area contributed by atoms with E-state index < -0.39 is 10.0 Å². The molecule has 6 rings (SSSR count). The molecule has 0 aliphatic carbocycles. The van der Waals surface area contributed by atoms with Gasteiger partial charge in [-0.2, -0.15) is 5.10 Å². The SMILES string of the molecule is COc1cc(CNS(C)(=O)=O)c(Cl)cc1-n1nc(NCCN2CCOCC2)c2cnc(-c3cnn4cccnc34)cc21. The molecule has 0 saturated carbocycles. The normalized spacial score (nSPS) is 14.5. The molecule has 5 aromatic rings. The molecule has 2 N–H and O–H groups in total. The van der Waals surface area contributed by atoms with Crippen LogP contribution < -0.4 is 14.8 Å². The maximum absolute atomic E-state index is 11.7. The van der Waals surface area contributed by atoms with Crippen molar-refractivity contribution in [2.45, 2.75) is 6.54 Å². The number of benzene rings is 1. The van der Waals surface area contributed by atoms with Crippen molar-refractivity contribution in [3.05, 3.63) is 59.6 Å². The largest absolute Gasteiger partial charge is 0.494 e. The number of hydrogen-bond donors (Lipinski definition) is 2. The van der Waals surface area contributed by atoms with Gasteiger partial charge in [0.2, 0.25) is 10.0 Å². The van der Waals surface area contributed by atoms with Crippen molar-refractivity contribution in [1.82, 2.24) is 39.0 Å². The Morgan fingerprint density at radius 1 is 1.14 bits per heavy atom. The Balaban J connectivity index is 1.42. The van der Waals surface area contributed by atoms with E-state index in [1.54, 1.807) is 47.0 Å². The van der Waals surface area contributed by atoms with E-state index in [0.29, 0.717) is 45.7 Å². The van der Waals surface area contributed by atoms with Gasteiger partial charge in [-0.15, -0.1) is 5.10 Å². The molecule has 0 bridgehead atoms. The summed E-state index contributed by atoms with van der Waals surface area (Å²) in [7, 11) is -1.86. The molecule has 0 unspecified atom stereocenters. The van der Waals surface area contributed by atoms with Crippen LogP contribution >= 0.6 is 11.6 Å². The third kappa shape index (κ3) is 5.89. The summed E-state index contributed by atoms with van der Waals surface area (Å²) in [5.41, 5.74) is 4.06. The van der Waals surface area contributed by atoms with Crippen molar-refractivity contribution in [3.8, 4) is 22.7 Å². The number of ether oxygens (including phenoxy) is 2. The third-order valence-corrected chi connectivity index (χ3v) is 8.07. The number of halogens is 1. The summed E-state index contributed by atoms with van der Waals surface area (Å²) >= 11 is 6.65. The highest BCUT2D eigenvalue weighted by atomic mass is 35.5. The van der Waals surface area contributed by atoms with Gasteiger partial charge in [0, 0.05) is 56.3 Å². The molecule has 5 heterocycles.